The number of hydrogen-bond donors (Lipinski definition) is 3. The summed E-state index contributed by atoms with van der Waals surface area (Å²) in [6.45, 7) is 1.97. The Morgan fingerprint density at radius 1 is 1.16 bits per heavy atom. The van der Waals surface area contributed by atoms with Gasteiger partial charge in [0.1, 0.15) is 17.2 Å². The molecule has 8 heteroatoms. The van der Waals surface area contributed by atoms with Crippen LogP contribution >= 0.6 is 0 Å². The molecule has 0 spiro atoms. The molecule has 166 valence electrons. The van der Waals surface area contributed by atoms with E-state index in [0.717, 1.165) is 48.4 Å². The Kier molecular flexibility index (Phi) is 6.51. The van der Waals surface area contributed by atoms with Gasteiger partial charge in [-0.15, -0.1) is 0 Å². The first-order chi connectivity index (χ1) is 15.6. The summed E-state index contributed by atoms with van der Waals surface area (Å²) >= 11 is 0. The summed E-state index contributed by atoms with van der Waals surface area (Å²) in [6, 6.07) is 17.7. The molecule has 0 saturated heterocycles. The van der Waals surface area contributed by atoms with Gasteiger partial charge in [-0.3, -0.25) is 9.48 Å². The van der Waals surface area contributed by atoms with Crippen LogP contribution in [0.1, 0.15) is 43.0 Å². The molecule has 1 aromatic heterocycles. The van der Waals surface area contributed by atoms with Crippen LogP contribution in [-0.4, -0.2) is 28.1 Å². The molecule has 2 atom stereocenters. The summed E-state index contributed by atoms with van der Waals surface area (Å²) in [6.07, 6.45) is 4.48. The predicted molar refractivity (Wildman–Crippen MR) is 124 cm³/mol. The molecule has 32 heavy (non-hydrogen) atoms. The van der Waals surface area contributed by atoms with Crippen molar-refractivity contribution >= 4 is 12.2 Å². The second-order valence-corrected chi connectivity index (χ2v) is 8.02. The van der Waals surface area contributed by atoms with E-state index in [4.69, 9.17) is 21.3 Å². The Bertz CT molecular complexity index is 1090. The number of ether oxygens (including phenoxy) is 1. The summed E-state index contributed by atoms with van der Waals surface area (Å²) in [5, 5.41) is 8.90. The van der Waals surface area contributed by atoms with Crippen LogP contribution in [0.2, 0.25) is 0 Å². The van der Waals surface area contributed by atoms with Gasteiger partial charge in [0.05, 0.1) is 11.6 Å². The van der Waals surface area contributed by atoms with Crippen molar-refractivity contribution in [2.75, 3.05) is 0 Å². The molecular weight excluding hydrogens is 404 g/mol. The van der Waals surface area contributed by atoms with Crippen molar-refractivity contribution in [3.63, 3.8) is 0 Å². The number of benzene rings is 2. The average Bonchev–Trinajstić information content (AvgIpc) is 3.16. The Hall–Kier alpha value is -3.65. The quantitative estimate of drug-likeness (QED) is 0.228. The third-order valence-electron chi connectivity index (χ3n) is 5.78. The lowest BCUT2D eigenvalue weighted by Gasteiger charge is -2.27. The summed E-state index contributed by atoms with van der Waals surface area (Å²) in [7, 11) is 0. The van der Waals surface area contributed by atoms with Gasteiger partial charge in [0, 0.05) is 17.3 Å². The predicted octanol–water partition coefficient (Wildman–Crippen LogP) is 3.46. The Labute approximate surface area is 187 Å². The topological polar surface area (TPSA) is 121 Å². The van der Waals surface area contributed by atoms with Crippen molar-refractivity contribution in [3.8, 4) is 22.8 Å². The van der Waals surface area contributed by atoms with Gasteiger partial charge in [-0.2, -0.15) is 10.2 Å². The molecule has 2 aromatic carbocycles. The van der Waals surface area contributed by atoms with Gasteiger partial charge >= 0.3 is 0 Å². The van der Waals surface area contributed by atoms with Crippen LogP contribution in [0.4, 0.5) is 0 Å². The molecule has 3 aromatic rings. The minimum Gasteiger partial charge on any atom is -0.457 e. The van der Waals surface area contributed by atoms with Crippen LogP contribution in [0.5, 0.6) is 11.5 Å². The molecule has 1 fully saturated rings. The minimum absolute atomic E-state index is 0.168. The number of carbonyl (C=O) groups excluding carboxylic acids is 1. The molecule has 1 aliphatic carbocycles. The zero-order valence-electron chi connectivity index (χ0n) is 18.1. The monoisotopic (exact) mass is 432 g/mol. The number of hydrazone groups is 1. The first kappa shape index (κ1) is 21.6. The number of nitrogens with two attached hydrogens (primary N) is 2. The Morgan fingerprint density at radius 3 is 2.56 bits per heavy atom. The lowest BCUT2D eigenvalue weighted by atomic mass is 9.91. The summed E-state index contributed by atoms with van der Waals surface area (Å²) in [4.78, 5) is 10.7. The highest BCUT2D eigenvalue weighted by molar-refractivity contribution is 6.03. The first-order valence-electron chi connectivity index (χ1n) is 10.8. The summed E-state index contributed by atoms with van der Waals surface area (Å²) in [5.41, 5.74) is 18.0. The number of amidine groups is 1. The maximum Gasteiger partial charge on any atom is 0.227 e. The fourth-order valence-electron chi connectivity index (χ4n) is 4.26. The molecule has 1 aliphatic rings. The molecular formula is C24H28N6O2. The average molecular weight is 433 g/mol. The van der Waals surface area contributed by atoms with Crippen LogP contribution in [0, 0.1) is 6.92 Å². The zero-order chi connectivity index (χ0) is 22.5. The van der Waals surface area contributed by atoms with E-state index in [1.54, 1.807) is 0 Å². The van der Waals surface area contributed by atoms with Gasteiger partial charge in [0.15, 0.2) is 5.84 Å². The van der Waals surface area contributed by atoms with Crippen molar-refractivity contribution in [1.82, 2.24) is 15.2 Å². The normalized spacial score (nSPS) is 18.9. The van der Waals surface area contributed by atoms with Gasteiger partial charge in [-0.25, -0.2) is 5.43 Å². The van der Waals surface area contributed by atoms with E-state index in [9.17, 15) is 4.79 Å². The van der Waals surface area contributed by atoms with Crippen LogP contribution in [-0.2, 0) is 4.79 Å². The van der Waals surface area contributed by atoms with Gasteiger partial charge in [-0.05, 0) is 69.0 Å². The van der Waals surface area contributed by atoms with Crippen LogP contribution in [0.3, 0.4) is 0 Å². The van der Waals surface area contributed by atoms with E-state index in [1.807, 2.05) is 66.2 Å². The van der Waals surface area contributed by atoms with Crippen molar-refractivity contribution < 1.29 is 9.53 Å². The third kappa shape index (κ3) is 4.65. The fraction of sp³-hybridized carbons (Fsp3) is 0.292. The molecule has 8 nitrogen and oxygen atoms in total. The molecule has 5 N–H and O–H groups in total. The van der Waals surface area contributed by atoms with Crippen molar-refractivity contribution in [2.24, 2.45) is 16.6 Å². The lowest BCUT2D eigenvalue weighted by Crippen LogP contribution is -2.30. The molecule has 0 bridgehead atoms. The first-order valence-corrected chi connectivity index (χ1v) is 10.8. The van der Waals surface area contributed by atoms with Crippen LogP contribution < -0.4 is 21.6 Å². The highest BCUT2D eigenvalue weighted by Gasteiger charge is 2.27. The molecule has 1 heterocycles. The number of hydrogen-bond acceptors (Lipinski definition) is 5. The Balaban J connectivity index is 1.70. The summed E-state index contributed by atoms with van der Waals surface area (Å²) in [5.74, 6) is 1.70. The smallest absolute Gasteiger partial charge is 0.227 e. The van der Waals surface area contributed by atoms with E-state index in [0.29, 0.717) is 17.7 Å². The SMILES string of the molecule is Cc1c(/C(N)=N\NC=O)c(-c2ccc(Oc3ccccc3)cc2)nn1C1CCCC(N)C1. The number of carbonyl (C=O) groups is 1. The number of aromatic nitrogens is 2. The van der Waals surface area contributed by atoms with Crippen LogP contribution in [0.25, 0.3) is 11.3 Å². The van der Waals surface area contributed by atoms with Gasteiger partial charge in [0.2, 0.25) is 6.41 Å². The molecule has 0 radical (unpaired) electrons. The highest BCUT2D eigenvalue weighted by Crippen LogP contribution is 2.34. The molecule has 1 amide bonds. The van der Waals surface area contributed by atoms with Gasteiger partial charge in [-0.1, -0.05) is 18.2 Å². The zero-order valence-corrected chi connectivity index (χ0v) is 18.1. The number of amides is 1. The summed E-state index contributed by atoms with van der Waals surface area (Å²) < 4.78 is 7.91. The fourth-order valence-corrected chi connectivity index (χ4v) is 4.26. The number of nitrogens with one attached hydrogen (secondary N) is 1. The lowest BCUT2D eigenvalue weighted by molar-refractivity contribution is -0.109. The number of rotatable bonds is 7. The standard InChI is InChI=1S/C24H28N6O2/c1-16-22(24(26)28-27-15-31)23(29-30(16)19-7-5-6-18(25)14-19)17-10-12-21(13-11-17)32-20-8-3-2-4-9-20/h2-4,8-13,15,18-19H,5-7,14,25H2,1H3,(H2,26,28)(H,27,31). The third-order valence-corrected chi connectivity index (χ3v) is 5.78. The van der Waals surface area contributed by atoms with E-state index >= 15 is 0 Å². The van der Waals surface area contributed by atoms with E-state index in [2.05, 4.69) is 10.5 Å². The van der Waals surface area contributed by atoms with Crippen molar-refractivity contribution in [1.29, 1.82) is 0 Å². The number of nitrogens with zero attached hydrogens (tertiary/aromatic N) is 3. The number of para-hydroxylation sites is 1. The molecule has 4 rings (SSSR count). The Morgan fingerprint density at radius 2 is 1.88 bits per heavy atom. The molecule has 0 aliphatic heterocycles. The van der Waals surface area contributed by atoms with Crippen molar-refractivity contribution in [3.05, 3.63) is 65.9 Å². The van der Waals surface area contributed by atoms with Gasteiger partial charge in [0.25, 0.3) is 0 Å². The van der Waals surface area contributed by atoms with E-state index < -0.39 is 0 Å². The minimum atomic E-state index is 0.168. The van der Waals surface area contributed by atoms with Gasteiger partial charge < -0.3 is 16.2 Å². The van der Waals surface area contributed by atoms with E-state index in [-0.39, 0.29) is 17.9 Å². The molecule has 2 unspecified atom stereocenters. The molecule has 1 saturated carbocycles. The maximum atomic E-state index is 10.7. The highest BCUT2D eigenvalue weighted by atomic mass is 16.5. The van der Waals surface area contributed by atoms with Crippen molar-refractivity contribution in [2.45, 2.75) is 44.7 Å². The van der Waals surface area contributed by atoms with Crippen LogP contribution in [0.15, 0.2) is 59.7 Å². The largest absolute Gasteiger partial charge is 0.457 e. The second kappa shape index (κ2) is 9.65. The second-order valence-electron chi connectivity index (χ2n) is 8.02. The van der Waals surface area contributed by atoms with E-state index in [1.165, 1.54) is 0 Å². The maximum absolute atomic E-state index is 10.7.